The van der Waals surface area contributed by atoms with Crippen LogP contribution in [0.15, 0.2) is 29.4 Å². The number of anilines is 1. The van der Waals surface area contributed by atoms with Crippen molar-refractivity contribution in [3.05, 3.63) is 29.4 Å². The molecule has 6 nitrogen and oxygen atoms in total. The van der Waals surface area contributed by atoms with Crippen molar-refractivity contribution in [3.63, 3.8) is 0 Å². The van der Waals surface area contributed by atoms with E-state index in [-0.39, 0.29) is 0 Å². The highest BCUT2D eigenvalue weighted by Crippen LogP contribution is 2.23. The first-order valence-electron chi connectivity index (χ1n) is 5.51. The molecule has 18 heavy (non-hydrogen) atoms. The molecule has 0 fully saturated rings. The van der Waals surface area contributed by atoms with Crippen molar-refractivity contribution >= 4 is 27.4 Å². The lowest BCUT2D eigenvalue weighted by Crippen LogP contribution is -1.98. The summed E-state index contributed by atoms with van der Waals surface area (Å²) in [4.78, 5) is 8.41. The molecule has 3 aromatic heterocycles. The quantitative estimate of drug-likeness (QED) is 0.785. The van der Waals surface area contributed by atoms with E-state index in [1.807, 2.05) is 34.6 Å². The lowest BCUT2D eigenvalue weighted by molar-refractivity contribution is 0.660. The zero-order valence-electron chi connectivity index (χ0n) is 9.71. The molecule has 7 heteroatoms. The lowest BCUT2D eigenvalue weighted by Gasteiger charge is -2.01. The fourth-order valence-corrected chi connectivity index (χ4v) is 2.26. The highest BCUT2D eigenvalue weighted by molar-refractivity contribution is 9.10. The smallest absolute Gasteiger partial charge is 0.180 e. The molecule has 3 heterocycles. The second-order valence-electron chi connectivity index (χ2n) is 3.87. The van der Waals surface area contributed by atoms with Crippen LogP contribution >= 0.6 is 15.9 Å². The van der Waals surface area contributed by atoms with E-state index in [4.69, 9.17) is 5.73 Å². The van der Waals surface area contributed by atoms with Crippen LogP contribution < -0.4 is 5.73 Å². The Hall–Kier alpha value is -1.89. The molecule has 0 aliphatic heterocycles. The summed E-state index contributed by atoms with van der Waals surface area (Å²) in [5.74, 6) is 0.401. The van der Waals surface area contributed by atoms with E-state index in [1.54, 1.807) is 6.20 Å². The summed E-state index contributed by atoms with van der Waals surface area (Å²) < 4.78 is 4.45. The van der Waals surface area contributed by atoms with Crippen molar-refractivity contribution in [2.75, 3.05) is 5.73 Å². The van der Waals surface area contributed by atoms with Gasteiger partial charge in [0.05, 0.1) is 18.1 Å². The minimum Gasteiger partial charge on any atom is -0.381 e. The molecule has 0 atom stereocenters. The Balaban J connectivity index is 2.23. The summed E-state index contributed by atoms with van der Waals surface area (Å²) in [5, 5.41) is 4.26. The SMILES string of the molecule is CCn1cc(-c2cnc3c(N)nc(Br)cn23)cn1. The van der Waals surface area contributed by atoms with Crippen molar-refractivity contribution in [1.29, 1.82) is 0 Å². The van der Waals surface area contributed by atoms with Gasteiger partial charge < -0.3 is 5.73 Å². The summed E-state index contributed by atoms with van der Waals surface area (Å²) in [7, 11) is 0. The summed E-state index contributed by atoms with van der Waals surface area (Å²) in [6.07, 6.45) is 7.42. The Bertz CT molecular complexity index is 713. The Morgan fingerprint density at radius 3 is 2.89 bits per heavy atom. The predicted molar refractivity (Wildman–Crippen MR) is 72.0 cm³/mol. The third-order valence-electron chi connectivity index (χ3n) is 2.74. The van der Waals surface area contributed by atoms with Crippen molar-refractivity contribution < 1.29 is 0 Å². The van der Waals surface area contributed by atoms with Gasteiger partial charge in [-0.05, 0) is 22.9 Å². The normalized spacial score (nSPS) is 11.2. The molecule has 3 aromatic rings. The highest BCUT2D eigenvalue weighted by Gasteiger charge is 2.11. The number of imidazole rings is 1. The highest BCUT2D eigenvalue weighted by atomic mass is 79.9. The molecule has 0 aliphatic carbocycles. The number of hydrogen-bond donors (Lipinski definition) is 1. The molecule has 0 bridgehead atoms. The standard InChI is InChI=1S/C11H11BrN6/c1-2-17-5-7(3-15-17)8-4-14-11-10(13)16-9(12)6-18(8)11/h3-6H,2H2,1H3,(H2,13,16). The van der Waals surface area contributed by atoms with Gasteiger partial charge >= 0.3 is 0 Å². The Morgan fingerprint density at radius 2 is 2.17 bits per heavy atom. The van der Waals surface area contributed by atoms with Gasteiger partial charge in [-0.25, -0.2) is 9.97 Å². The third kappa shape index (κ3) is 1.67. The largest absolute Gasteiger partial charge is 0.381 e. The molecule has 0 unspecified atom stereocenters. The van der Waals surface area contributed by atoms with Crippen molar-refractivity contribution in [3.8, 4) is 11.3 Å². The third-order valence-corrected chi connectivity index (χ3v) is 3.12. The number of hydrogen-bond acceptors (Lipinski definition) is 4. The zero-order valence-corrected chi connectivity index (χ0v) is 11.3. The summed E-state index contributed by atoms with van der Waals surface area (Å²) in [6.45, 7) is 2.88. The monoisotopic (exact) mass is 306 g/mol. The maximum atomic E-state index is 5.83. The summed E-state index contributed by atoms with van der Waals surface area (Å²) in [6, 6.07) is 0. The molecular weight excluding hydrogens is 296 g/mol. The van der Waals surface area contributed by atoms with Gasteiger partial charge in [0, 0.05) is 24.5 Å². The first-order valence-corrected chi connectivity index (χ1v) is 6.30. The number of fused-ring (bicyclic) bond motifs is 1. The molecule has 0 aromatic carbocycles. The second-order valence-corrected chi connectivity index (χ2v) is 4.68. The first kappa shape index (κ1) is 11.2. The van der Waals surface area contributed by atoms with Crippen LogP contribution in [-0.4, -0.2) is 24.1 Å². The van der Waals surface area contributed by atoms with Crippen molar-refractivity contribution in [2.24, 2.45) is 0 Å². The van der Waals surface area contributed by atoms with Gasteiger partial charge in [0.1, 0.15) is 4.60 Å². The number of nitrogen functional groups attached to an aromatic ring is 1. The minimum absolute atomic E-state index is 0.401. The van der Waals surface area contributed by atoms with Crippen molar-refractivity contribution in [1.82, 2.24) is 24.1 Å². The predicted octanol–water partition coefficient (Wildman–Crippen LogP) is 1.96. The van der Waals surface area contributed by atoms with Crippen LogP contribution in [0.2, 0.25) is 0 Å². The van der Waals surface area contributed by atoms with Gasteiger partial charge in [-0.1, -0.05) is 0 Å². The number of halogens is 1. The molecule has 2 N–H and O–H groups in total. The molecular formula is C11H11BrN6. The molecule has 0 saturated heterocycles. The molecule has 0 spiro atoms. The van der Waals surface area contributed by atoms with Gasteiger partial charge in [0.15, 0.2) is 11.5 Å². The number of aryl methyl sites for hydroxylation is 1. The van der Waals surface area contributed by atoms with E-state index >= 15 is 0 Å². The molecule has 0 radical (unpaired) electrons. The zero-order chi connectivity index (χ0) is 12.7. The second kappa shape index (κ2) is 4.09. The number of nitrogens with two attached hydrogens (primary N) is 1. The van der Waals surface area contributed by atoms with E-state index in [2.05, 4.69) is 31.0 Å². The Labute approximate surface area is 112 Å². The average molecular weight is 307 g/mol. The van der Waals surface area contributed by atoms with Crippen LogP contribution in [0.25, 0.3) is 16.9 Å². The molecule has 0 aliphatic rings. The number of rotatable bonds is 2. The van der Waals surface area contributed by atoms with Crippen LogP contribution in [-0.2, 0) is 6.54 Å². The number of aromatic nitrogens is 5. The van der Waals surface area contributed by atoms with Gasteiger partial charge in [-0.3, -0.25) is 9.08 Å². The maximum Gasteiger partial charge on any atom is 0.180 e. The van der Waals surface area contributed by atoms with E-state index < -0.39 is 0 Å². The van der Waals surface area contributed by atoms with Gasteiger partial charge in [0.2, 0.25) is 0 Å². The van der Waals surface area contributed by atoms with Crippen LogP contribution in [0.3, 0.4) is 0 Å². The van der Waals surface area contributed by atoms with E-state index in [1.165, 1.54) is 0 Å². The number of nitrogens with zero attached hydrogens (tertiary/aromatic N) is 5. The van der Waals surface area contributed by atoms with Crippen molar-refractivity contribution in [2.45, 2.75) is 13.5 Å². The van der Waals surface area contributed by atoms with E-state index in [0.717, 1.165) is 17.8 Å². The van der Waals surface area contributed by atoms with Crippen LogP contribution in [0.4, 0.5) is 5.82 Å². The minimum atomic E-state index is 0.401. The Kier molecular flexibility index (Phi) is 2.55. The molecule has 3 rings (SSSR count). The van der Waals surface area contributed by atoms with Gasteiger partial charge in [0.25, 0.3) is 0 Å². The fraction of sp³-hybridized carbons (Fsp3) is 0.182. The summed E-state index contributed by atoms with van der Waals surface area (Å²) >= 11 is 3.33. The maximum absolute atomic E-state index is 5.83. The topological polar surface area (TPSA) is 74.0 Å². The van der Waals surface area contributed by atoms with Gasteiger partial charge in [-0.15, -0.1) is 0 Å². The van der Waals surface area contributed by atoms with Crippen LogP contribution in [0.1, 0.15) is 6.92 Å². The molecule has 0 amide bonds. The average Bonchev–Trinajstić information content (AvgIpc) is 2.93. The van der Waals surface area contributed by atoms with Crippen LogP contribution in [0, 0.1) is 0 Å². The molecule has 92 valence electrons. The fourth-order valence-electron chi connectivity index (χ4n) is 1.86. The summed E-state index contributed by atoms with van der Waals surface area (Å²) in [5.41, 5.74) is 8.43. The first-order chi connectivity index (χ1) is 8.69. The molecule has 0 saturated carbocycles. The lowest BCUT2D eigenvalue weighted by atomic mass is 10.3. The van der Waals surface area contributed by atoms with Gasteiger partial charge in [-0.2, -0.15) is 5.10 Å². The van der Waals surface area contributed by atoms with E-state index in [0.29, 0.717) is 16.1 Å². The Morgan fingerprint density at radius 1 is 1.33 bits per heavy atom. The van der Waals surface area contributed by atoms with E-state index in [9.17, 15) is 0 Å². The van der Waals surface area contributed by atoms with Crippen LogP contribution in [0.5, 0.6) is 0 Å².